The Morgan fingerprint density at radius 3 is 2.46 bits per heavy atom. The molecule has 0 saturated heterocycles. The monoisotopic (exact) mass is 367 g/mol. The summed E-state index contributed by atoms with van der Waals surface area (Å²) in [5, 5.41) is 18.0. The SMILES string of the molecule is O=C(O)COc1ccc(C=Nc2ccc(Cl)c(C(=O)O)c2)cc1Cl. The van der Waals surface area contributed by atoms with E-state index in [9.17, 15) is 9.59 Å². The maximum atomic E-state index is 11.0. The van der Waals surface area contributed by atoms with Crippen LogP contribution in [0.4, 0.5) is 5.69 Å². The topological polar surface area (TPSA) is 96.2 Å². The molecule has 8 heteroatoms. The number of rotatable bonds is 6. The molecule has 0 unspecified atom stereocenters. The fraction of sp³-hybridized carbons (Fsp3) is 0.0625. The summed E-state index contributed by atoms with van der Waals surface area (Å²) in [5.41, 5.74) is 1.01. The molecule has 24 heavy (non-hydrogen) atoms. The zero-order valence-corrected chi connectivity index (χ0v) is 13.6. The van der Waals surface area contributed by atoms with Crippen molar-refractivity contribution in [3.8, 4) is 5.75 Å². The third kappa shape index (κ3) is 4.71. The average molecular weight is 368 g/mol. The summed E-state index contributed by atoms with van der Waals surface area (Å²) in [4.78, 5) is 25.7. The number of hydrogen-bond donors (Lipinski definition) is 2. The van der Waals surface area contributed by atoms with Gasteiger partial charge in [-0.05, 0) is 42.0 Å². The van der Waals surface area contributed by atoms with E-state index in [1.54, 1.807) is 18.2 Å². The number of benzene rings is 2. The van der Waals surface area contributed by atoms with Gasteiger partial charge in [0.2, 0.25) is 0 Å². The van der Waals surface area contributed by atoms with Gasteiger partial charge in [-0.3, -0.25) is 4.99 Å². The standard InChI is InChI=1S/C16H11Cl2NO5/c17-12-3-2-10(6-11(12)16(22)23)19-7-9-1-4-14(13(18)5-9)24-8-15(20)21/h1-7H,8H2,(H,20,21)(H,22,23). The van der Waals surface area contributed by atoms with E-state index in [0.29, 0.717) is 11.3 Å². The fourth-order valence-electron chi connectivity index (χ4n) is 1.76. The predicted octanol–water partition coefficient (Wildman–Crippen LogP) is 3.91. The molecule has 0 atom stereocenters. The highest BCUT2D eigenvalue weighted by atomic mass is 35.5. The molecule has 0 spiro atoms. The third-order valence-corrected chi connectivity index (χ3v) is 3.48. The molecule has 0 aliphatic rings. The van der Waals surface area contributed by atoms with Gasteiger partial charge in [0.1, 0.15) is 5.75 Å². The van der Waals surface area contributed by atoms with E-state index in [4.69, 9.17) is 38.2 Å². The van der Waals surface area contributed by atoms with Crippen molar-refractivity contribution in [3.05, 3.63) is 57.6 Å². The van der Waals surface area contributed by atoms with Gasteiger partial charge < -0.3 is 14.9 Å². The molecule has 6 nitrogen and oxygen atoms in total. The van der Waals surface area contributed by atoms with Crippen LogP contribution in [0.15, 0.2) is 41.4 Å². The Hall–Kier alpha value is -2.57. The van der Waals surface area contributed by atoms with E-state index in [1.165, 1.54) is 24.4 Å². The third-order valence-electron chi connectivity index (χ3n) is 2.85. The molecule has 0 fully saturated rings. The Bertz CT molecular complexity index is 820. The number of nitrogens with zero attached hydrogens (tertiary/aromatic N) is 1. The van der Waals surface area contributed by atoms with Crippen LogP contribution in [-0.2, 0) is 4.79 Å². The van der Waals surface area contributed by atoms with Gasteiger partial charge in [-0.25, -0.2) is 9.59 Å². The summed E-state index contributed by atoms with van der Waals surface area (Å²) in [6, 6.07) is 9.10. The van der Waals surface area contributed by atoms with Gasteiger partial charge in [-0.2, -0.15) is 0 Å². The van der Waals surface area contributed by atoms with Gasteiger partial charge in [0, 0.05) is 6.21 Å². The normalized spacial score (nSPS) is 10.8. The molecule has 2 N–H and O–H groups in total. The van der Waals surface area contributed by atoms with Crippen LogP contribution in [0.5, 0.6) is 5.75 Å². The van der Waals surface area contributed by atoms with E-state index >= 15 is 0 Å². The van der Waals surface area contributed by atoms with E-state index in [-0.39, 0.29) is 21.4 Å². The van der Waals surface area contributed by atoms with Crippen molar-refractivity contribution in [3.63, 3.8) is 0 Å². The second-order valence-electron chi connectivity index (χ2n) is 4.60. The van der Waals surface area contributed by atoms with Crippen LogP contribution in [0, 0.1) is 0 Å². The van der Waals surface area contributed by atoms with Gasteiger partial charge in [-0.15, -0.1) is 0 Å². The molecule has 0 heterocycles. The van der Waals surface area contributed by atoms with Crippen molar-refractivity contribution in [2.24, 2.45) is 4.99 Å². The highest BCUT2D eigenvalue weighted by Gasteiger charge is 2.09. The van der Waals surface area contributed by atoms with Crippen LogP contribution in [0.25, 0.3) is 0 Å². The first kappa shape index (κ1) is 17.8. The van der Waals surface area contributed by atoms with Crippen molar-refractivity contribution >= 4 is 47.0 Å². The maximum Gasteiger partial charge on any atom is 0.341 e. The first-order valence-electron chi connectivity index (χ1n) is 6.58. The number of aliphatic imine (C=N–C) groups is 1. The zero-order chi connectivity index (χ0) is 17.7. The molecule has 2 aromatic rings. The average Bonchev–Trinajstić information content (AvgIpc) is 2.52. The summed E-state index contributed by atoms with van der Waals surface area (Å²) in [5.74, 6) is -2.00. The first-order valence-corrected chi connectivity index (χ1v) is 7.33. The minimum Gasteiger partial charge on any atom is -0.480 e. The number of aliphatic carboxylic acids is 1. The van der Waals surface area contributed by atoms with Crippen LogP contribution in [-0.4, -0.2) is 35.0 Å². The lowest BCUT2D eigenvalue weighted by Gasteiger charge is -2.06. The summed E-state index contributed by atoms with van der Waals surface area (Å²) < 4.78 is 5.02. The predicted molar refractivity (Wildman–Crippen MR) is 90.2 cm³/mol. The molecule has 0 aliphatic carbocycles. The molecule has 0 radical (unpaired) electrons. The van der Waals surface area contributed by atoms with Crippen molar-refractivity contribution in [2.45, 2.75) is 0 Å². The Balaban J connectivity index is 2.17. The quantitative estimate of drug-likeness (QED) is 0.754. The van der Waals surface area contributed by atoms with Crippen LogP contribution in [0.1, 0.15) is 15.9 Å². The molecule has 0 aromatic heterocycles. The molecular formula is C16H11Cl2NO5. The van der Waals surface area contributed by atoms with Gasteiger partial charge >= 0.3 is 11.9 Å². The molecule has 0 bridgehead atoms. The van der Waals surface area contributed by atoms with E-state index in [2.05, 4.69) is 4.99 Å². The summed E-state index contributed by atoms with van der Waals surface area (Å²) >= 11 is 11.8. The van der Waals surface area contributed by atoms with Crippen molar-refractivity contribution in [2.75, 3.05) is 6.61 Å². The van der Waals surface area contributed by atoms with Crippen LogP contribution in [0.2, 0.25) is 10.0 Å². The molecule has 0 aliphatic heterocycles. The highest BCUT2D eigenvalue weighted by Crippen LogP contribution is 2.26. The fourth-order valence-corrected chi connectivity index (χ4v) is 2.20. The van der Waals surface area contributed by atoms with Gasteiger partial charge in [0.15, 0.2) is 6.61 Å². The highest BCUT2D eigenvalue weighted by molar-refractivity contribution is 6.33. The van der Waals surface area contributed by atoms with Gasteiger partial charge in [0.25, 0.3) is 0 Å². The van der Waals surface area contributed by atoms with E-state index in [1.807, 2.05) is 0 Å². The molecule has 0 amide bonds. The van der Waals surface area contributed by atoms with Crippen LogP contribution < -0.4 is 4.74 Å². The zero-order valence-electron chi connectivity index (χ0n) is 12.1. The summed E-state index contributed by atoms with van der Waals surface area (Å²) in [6.07, 6.45) is 1.49. The number of ether oxygens (including phenoxy) is 1. The Kier molecular flexibility index (Phi) is 5.78. The van der Waals surface area contributed by atoms with Crippen molar-refractivity contribution in [1.82, 2.24) is 0 Å². The second-order valence-corrected chi connectivity index (χ2v) is 5.41. The lowest BCUT2D eigenvalue weighted by molar-refractivity contribution is -0.139. The van der Waals surface area contributed by atoms with Crippen molar-refractivity contribution in [1.29, 1.82) is 0 Å². The Labute approximate surface area is 146 Å². The molecule has 2 aromatic carbocycles. The molecule has 2 rings (SSSR count). The molecular weight excluding hydrogens is 357 g/mol. The number of carboxylic acids is 2. The van der Waals surface area contributed by atoms with E-state index in [0.717, 1.165) is 0 Å². The summed E-state index contributed by atoms with van der Waals surface area (Å²) in [7, 11) is 0. The van der Waals surface area contributed by atoms with Crippen LogP contribution in [0.3, 0.4) is 0 Å². The number of aromatic carboxylic acids is 1. The smallest absolute Gasteiger partial charge is 0.341 e. The number of carbonyl (C=O) groups is 2. The largest absolute Gasteiger partial charge is 0.480 e. The van der Waals surface area contributed by atoms with Gasteiger partial charge in [0.05, 0.1) is 21.3 Å². The molecule has 124 valence electrons. The summed E-state index contributed by atoms with van der Waals surface area (Å²) in [6.45, 7) is -0.490. The lowest BCUT2D eigenvalue weighted by Crippen LogP contribution is -2.09. The first-order chi connectivity index (χ1) is 11.4. The lowest BCUT2D eigenvalue weighted by atomic mass is 10.2. The van der Waals surface area contributed by atoms with Crippen LogP contribution >= 0.6 is 23.2 Å². The second kappa shape index (κ2) is 7.81. The van der Waals surface area contributed by atoms with Crippen molar-refractivity contribution < 1.29 is 24.5 Å². The minimum absolute atomic E-state index is 0.0400. The maximum absolute atomic E-state index is 11.0. The Morgan fingerprint density at radius 2 is 1.83 bits per heavy atom. The number of hydrogen-bond acceptors (Lipinski definition) is 4. The minimum atomic E-state index is -1.14. The number of halogens is 2. The number of carboxylic acid groups (broad SMARTS) is 2. The van der Waals surface area contributed by atoms with E-state index < -0.39 is 18.5 Å². The van der Waals surface area contributed by atoms with Gasteiger partial charge in [-0.1, -0.05) is 23.2 Å². The Morgan fingerprint density at radius 1 is 1.08 bits per heavy atom. The molecule has 0 saturated carbocycles.